The van der Waals surface area contributed by atoms with Crippen molar-refractivity contribution in [2.75, 3.05) is 0 Å². The van der Waals surface area contributed by atoms with Gasteiger partial charge < -0.3 is 0 Å². The lowest BCUT2D eigenvalue weighted by atomic mass is 10.2. The van der Waals surface area contributed by atoms with Gasteiger partial charge in [-0.2, -0.15) is 5.26 Å². The number of aryl methyl sites for hydroxylation is 1. The molecule has 12 heavy (non-hydrogen) atoms. The molecule has 1 aromatic carbocycles. The van der Waals surface area contributed by atoms with Gasteiger partial charge in [0.25, 0.3) is 0 Å². The Balaban J connectivity index is 0.000000561. The maximum absolute atomic E-state index is 8.53. The fourth-order valence-electron chi connectivity index (χ4n) is 0.711. The van der Waals surface area contributed by atoms with Gasteiger partial charge in [-0.15, -0.1) is 0 Å². The summed E-state index contributed by atoms with van der Waals surface area (Å²) in [5.41, 5.74) is 1.84. The maximum atomic E-state index is 8.53. The first kappa shape index (κ1) is 11.2. The Bertz CT molecular complexity index is 286. The van der Waals surface area contributed by atoms with Gasteiger partial charge >= 0.3 is 0 Å². The van der Waals surface area contributed by atoms with Crippen LogP contribution in [-0.4, -0.2) is 0 Å². The Morgan fingerprint density at radius 2 is 1.92 bits per heavy atom. The van der Waals surface area contributed by atoms with Gasteiger partial charge in [0.15, 0.2) is 0 Å². The van der Waals surface area contributed by atoms with Crippen molar-refractivity contribution in [3.8, 4) is 6.07 Å². The molecule has 0 unspecified atom stereocenters. The second-order valence-corrected chi connectivity index (χ2v) is 2.95. The van der Waals surface area contributed by atoms with Gasteiger partial charge in [-0.05, 0) is 40.5 Å². The molecule has 0 aromatic heterocycles. The predicted molar refractivity (Wildman–Crippen MR) is 54.9 cm³/mol. The summed E-state index contributed by atoms with van der Waals surface area (Å²) in [7, 11) is 0. The standard InChI is InChI=1S/C8H6BrN.C2H6/c1-6-2-3-7(5-10)8(9)4-6;1-2/h2-4H,1H3;1-2H3. The number of hydrogen-bond acceptors (Lipinski definition) is 1. The molecule has 0 radical (unpaired) electrons. The van der Waals surface area contributed by atoms with Gasteiger partial charge in [-0.3, -0.25) is 0 Å². The molecule has 0 spiro atoms. The molecule has 1 rings (SSSR count). The van der Waals surface area contributed by atoms with Crippen molar-refractivity contribution in [3.63, 3.8) is 0 Å². The van der Waals surface area contributed by atoms with E-state index < -0.39 is 0 Å². The fourth-order valence-corrected chi connectivity index (χ4v) is 1.29. The van der Waals surface area contributed by atoms with Crippen LogP contribution in [0.3, 0.4) is 0 Å². The van der Waals surface area contributed by atoms with E-state index >= 15 is 0 Å². The lowest BCUT2D eigenvalue weighted by Crippen LogP contribution is -1.77. The normalized spacial score (nSPS) is 7.92. The maximum Gasteiger partial charge on any atom is 0.100 e. The average Bonchev–Trinajstić information content (AvgIpc) is 2.08. The van der Waals surface area contributed by atoms with Crippen LogP contribution in [0, 0.1) is 18.3 Å². The van der Waals surface area contributed by atoms with E-state index in [4.69, 9.17) is 5.26 Å². The average molecular weight is 226 g/mol. The SMILES string of the molecule is CC.Cc1ccc(C#N)c(Br)c1. The molecule has 0 saturated heterocycles. The Morgan fingerprint density at radius 1 is 1.33 bits per heavy atom. The van der Waals surface area contributed by atoms with Crippen LogP contribution in [0.5, 0.6) is 0 Å². The van der Waals surface area contributed by atoms with Crippen molar-refractivity contribution in [1.29, 1.82) is 5.26 Å². The molecule has 0 aliphatic rings. The van der Waals surface area contributed by atoms with Crippen molar-refractivity contribution < 1.29 is 0 Å². The van der Waals surface area contributed by atoms with Crippen LogP contribution >= 0.6 is 15.9 Å². The van der Waals surface area contributed by atoms with Gasteiger partial charge in [0, 0.05) is 4.47 Å². The van der Waals surface area contributed by atoms with Gasteiger partial charge in [0.2, 0.25) is 0 Å². The van der Waals surface area contributed by atoms with Crippen LogP contribution in [-0.2, 0) is 0 Å². The highest BCUT2D eigenvalue weighted by atomic mass is 79.9. The largest absolute Gasteiger partial charge is 0.192 e. The first-order chi connectivity index (χ1) is 5.74. The van der Waals surface area contributed by atoms with E-state index in [1.807, 2.05) is 32.9 Å². The number of nitriles is 1. The summed E-state index contributed by atoms with van der Waals surface area (Å²) in [5.74, 6) is 0. The topological polar surface area (TPSA) is 23.8 Å². The molecule has 2 heteroatoms. The quantitative estimate of drug-likeness (QED) is 0.662. The molecule has 0 N–H and O–H groups in total. The number of benzene rings is 1. The molecular formula is C10H12BrN. The van der Waals surface area contributed by atoms with E-state index in [-0.39, 0.29) is 0 Å². The van der Waals surface area contributed by atoms with Crippen molar-refractivity contribution in [2.24, 2.45) is 0 Å². The molecule has 64 valence electrons. The third kappa shape index (κ3) is 3.06. The predicted octanol–water partition coefficient (Wildman–Crippen LogP) is 3.66. The molecule has 0 bridgehead atoms. The lowest BCUT2D eigenvalue weighted by molar-refractivity contribution is 1.41. The van der Waals surface area contributed by atoms with Crippen LogP contribution in [0.15, 0.2) is 22.7 Å². The highest BCUT2D eigenvalue weighted by Gasteiger charge is 1.95. The summed E-state index contributed by atoms with van der Waals surface area (Å²) in [5, 5.41) is 8.53. The monoisotopic (exact) mass is 225 g/mol. The zero-order chi connectivity index (χ0) is 9.56. The highest BCUT2D eigenvalue weighted by molar-refractivity contribution is 9.10. The van der Waals surface area contributed by atoms with Gasteiger partial charge in [0.1, 0.15) is 6.07 Å². The summed E-state index contributed by atoms with van der Waals surface area (Å²) in [6, 6.07) is 7.73. The Hall–Kier alpha value is -0.810. The molecule has 0 aliphatic carbocycles. The summed E-state index contributed by atoms with van der Waals surface area (Å²) in [6.45, 7) is 5.99. The molecule has 1 aromatic rings. The zero-order valence-electron chi connectivity index (χ0n) is 7.56. The molecule has 0 atom stereocenters. The lowest BCUT2D eigenvalue weighted by Gasteiger charge is -1.94. The number of nitrogens with zero attached hydrogens (tertiary/aromatic N) is 1. The second kappa shape index (κ2) is 5.79. The van der Waals surface area contributed by atoms with E-state index in [1.165, 1.54) is 0 Å². The number of rotatable bonds is 0. The van der Waals surface area contributed by atoms with Crippen molar-refractivity contribution in [2.45, 2.75) is 20.8 Å². The van der Waals surface area contributed by atoms with E-state index in [0.29, 0.717) is 5.56 Å². The summed E-state index contributed by atoms with van der Waals surface area (Å²) in [4.78, 5) is 0. The second-order valence-electron chi connectivity index (χ2n) is 2.10. The van der Waals surface area contributed by atoms with E-state index in [0.717, 1.165) is 10.0 Å². The van der Waals surface area contributed by atoms with Gasteiger partial charge in [-0.25, -0.2) is 0 Å². The number of halogens is 1. The van der Waals surface area contributed by atoms with Crippen molar-refractivity contribution in [3.05, 3.63) is 33.8 Å². The van der Waals surface area contributed by atoms with Crippen LogP contribution in [0.25, 0.3) is 0 Å². The zero-order valence-corrected chi connectivity index (χ0v) is 9.14. The molecular weight excluding hydrogens is 214 g/mol. The van der Waals surface area contributed by atoms with E-state index in [1.54, 1.807) is 6.07 Å². The summed E-state index contributed by atoms with van der Waals surface area (Å²) >= 11 is 3.28. The van der Waals surface area contributed by atoms with E-state index in [9.17, 15) is 0 Å². The van der Waals surface area contributed by atoms with Crippen LogP contribution < -0.4 is 0 Å². The van der Waals surface area contributed by atoms with Gasteiger partial charge in [0.05, 0.1) is 5.56 Å². The minimum absolute atomic E-state index is 0.686. The summed E-state index contributed by atoms with van der Waals surface area (Å²) < 4.78 is 0.870. The minimum atomic E-state index is 0.686. The van der Waals surface area contributed by atoms with Crippen molar-refractivity contribution >= 4 is 15.9 Å². The highest BCUT2D eigenvalue weighted by Crippen LogP contribution is 2.16. The third-order valence-electron chi connectivity index (χ3n) is 1.25. The smallest absolute Gasteiger partial charge is 0.100 e. The molecule has 0 heterocycles. The first-order valence-electron chi connectivity index (χ1n) is 3.90. The Labute approximate surface area is 82.2 Å². The van der Waals surface area contributed by atoms with E-state index in [2.05, 4.69) is 22.0 Å². The summed E-state index contributed by atoms with van der Waals surface area (Å²) in [6.07, 6.45) is 0. The molecule has 0 aliphatic heterocycles. The van der Waals surface area contributed by atoms with Crippen molar-refractivity contribution in [1.82, 2.24) is 0 Å². The first-order valence-corrected chi connectivity index (χ1v) is 4.69. The fraction of sp³-hybridized carbons (Fsp3) is 0.300. The molecule has 0 saturated carbocycles. The van der Waals surface area contributed by atoms with Crippen LogP contribution in [0.2, 0.25) is 0 Å². The van der Waals surface area contributed by atoms with Gasteiger partial charge in [-0.1, -0.05) is 19.9 Å². The molecule has 0 fully saturated rings. The minimum Gasteiger partial charge on any atom is -0.192 e. The third-order valence-corrected chi connectivity index (χ3v) is 1.90. The Kier molecular flexibility index (Phi) is 5.40. The van der Waals surface area contributed by atoms with Crippen LogP contribution in [0.1, 0.15) is 25.0 Å². The Morgan fingerprint density at radius 3 is 2.33 bits per heavy atom. The van der Waals surface area contributed by atoms with Crippen LogP contribution in [0.4, 0.5) is 0 Å². The number of hydrogen-bond donors (Lipinski definition) is 0. The molecule has 0 amide bonds. The molecule has 1 nitrogen and oxygen atoms in total.